The molecule has 0 unspecified atom stereocenters. The van der Waals surface area contributed by atoms with Crippen molar-refractivity contribution in [3.8, 4) is 0 Å². The van der Waals surface area contributed by atoms with Crippen molar-refractivity contribution >= 4 is 18.3 Å². The van der Waals surface area contributed by atoms with Crippen molar-refractivity contribution < 1.29 is 14.3 Å². The predicted molar refractivity (Wildman–Crippen MR) is 102 cm³/mol. The maximum Gasteiger partial charge on any atom is 0.416 e. The number of aromatic nitrogens is 1. The van der Waals surface area contributed by atoms with E-state index < -0.39 is 5.60 Å². The third-order valence-electron chi connectivity index (χ3n) is 4.70. The van der Waals surface area contributed by atoms with Crippen LogP contribution in [0.15, 0.2) is 18.3 Å². The summed E-state index contributed by atoms with van der Waals surface area (Å²) in [6.45, 7) is 10.4. The summed E-state index contributed by atoms with van der Waals surface area (Å²) in [5, 5.41) is 0. The van der Waals surface area contributed by atoms with Gasteiger partial charge in [0.25, 0.3) is 0 Å². The van der Waals surface area contributed by atoms with Gasteiger partial charge in [0.05, 0.1) is 6.04 Å². The van der Waals surface area contributed by atoms with Crippen molar-refractivity contribution in [3.05, 3.63) is 23.9 Å². The van der Waals surface area contributed by atoms with Crippen LogP contribution in [0.25, 0.3) is 0 Å². The molecule has 26 heavy (non-hydrogen) atoms. The van der Waals surface area contributed by atoms with E-state index in [-0.39, 0.29) is 18.2 Å². The van der Waals surface area contributed by atoms with Crippen molar-refractivity contribution in [2.75, 3.05) is 11.4 Å². The molecule has 0 bridgehead atoms. The van der Waals surface area contributed by atoms with Crippen LogP contribution in [0.3, 0.4) is 0 Å². The van der Waals surface area contributed by atoms with Crippen molar-refractivity contribution in [3.63, 3.8) is 0 Å². The Kier molecular flexibility index (Phi) is 6.62. The molecule has 144 valence electrons. The van der Waals surface area contributed by atoms with Crippen LogP contribution in [-0.2, 0) is 9.53 Å². The van der Waals surface area contributed by atoms with Gasteiger partial charge in [0, 0.05) is 18.8 Å². The van der Waals surface area contributed by atoms with E-state index in [0.29, 0.717) is 5.82 Å². The Labute approximate surface area is 156 Å². The second-order valence-electron chi connectivity index (χ2n) is 7.91. The normalized spacial score (nSPS) is 19.0. The zero-order chi connectivity index (χ0) is 19.3. The zero-order valence-corrected chi connectivity index (χ0v) is 16.6. The summed E-state index contributed by atoms with van der Waals surface area (Å²) in [5.74, 6) is 0.575. The summed E-state index contributed by atoms with van der Waals surface area (Å²) in [6, 6.07) is 3.86. The number of anilines is 1. The molecule has 6 heteroatoms. The van der Waals surface area contributed by atoms with Gasteiger partial charge in [-0.05, 0) is 65.0 Å². The molecule has 2 amide bonds. The minimum absolute atomic E-state index is 0.0237. The number of carbonyl (C=O) groups excluding carboxylic acids is 2. The van der Waals surface area contributed by atoms with Crippen LogP contribution >= 0.6 is 0 Å². The molecule has 1 fully saturated rings. The molecular formula is C20H31N3O3. The number of likely N-dealkylation sites (tertiary alicyclic amines) is 1. The highest BCUT2D eigenvalue weighted by atomic mass is 16.6. The number of ether oxygens (including phenoxy) is 1. The van der Waals surface area contributed by atoms with Crippen LogP contribution in [-0.4, -0.2) is 40.6 Å². The Hall–Kier alpha value is -2.11. The van der Waals surface area contributed by atoms with E-state index in [2.05, 4.69) is 4.98 Å². The third kappa shape index (κ3) is 4.96. The van der Waals surface area contributed by atoms with Crippen molar-refractivity contribution in [1.29, 1.82) is 0 Å². The second kappa shape index (κ2) is 8.52. The number of hydrogen-bond donors (Lipinski definition) is 0. The van der Waals surface area contributed by atoms with Crippen LogP contribution in [0.5, 0.6) is 0 Å². The summed E-state index contributed by atoms with van der Waals surface area (Å²) in [4.78, 5) is 31.9. The molecule has 2 heterocycles. The number of amides is 2. The van der Waals surface area contributed by atoms with E-state index >= 15 is 0 Å². The molecule has 1 aliphatic rings. The van der Waals surface area contributed by atoms with Crippen molar-refractivity contribution in [2.24, 2.45) is 0 Å². The summed E-state index contributed by atoms with van der Waals surface area (Å²) in [5.41, 5.74) is 0.448. The number of nitrogens with zero attached hydrogens (tertiary/aromatic N) is 3. The van der Waals surface area contributed by atoms with Crippen molar-refractivity contribution in [1.82, 2.24) is 9.88 Å². The summed E-state index contributed by atoms with van der Waals surface area (Å²) in [6.07, 6.45) is 6.20. The third-order valence-corrected chi connectivity index (χ3v) is 4.70. The molecule has 0 N–H and O–H groups in total. The highest BCUT2D eigenvalue weighted by molar-refractivity contribution is 5.87. The maximum absolute atomic E-state index is 12.7. The molecule has 1 aromatic rings. The Bertz CT molecular complexity index is 610. The first-order valence-electron chi connectivity index (χ1n) is 9.46. The van der Waals surface area contributed by atoms with Gasteiger partial charge in [0.15, 0.2) is 0 Å². The maximum atomic E-state index is 12.7. The first-order chi connectivity index (χ1) is 12.3. The first kappa shape index (κ1) is 20.2. The van der Waals surface area contributed by atoms with E-state index in [0.717, 1.165) is 44.2 Å². The van der Waals surface area contributed by atoms with E-state index in [1.165, 1.54) is 0 Å². The Balaban J connectivity index is 2.24. The SMILES string of the molecule is CC[C@H](C)N(C(=O)OC(C)(C)C)c1ccc([C@H]2CCCCN2C=O)cn1. The molecule has 0 radical (unpaired) electrons. The first-order valence-corrected chi connectivity index (χ1v) is 9.46. The van der Waals surface area contributed by atoms with Gasteiger partial charge >= 0.3 is 6.09 Å². The molecule has 2 atom stereocenters. The fourth-order valence-corrected chi connectivity index (χ4v) is 3.17. The highest BCUT2D eigenvalue weighted by Gasteiger charge is 2.28. The molecule has 6 nitrogen and oxygen atoms in total. The predicted octanol–water partition coefficient (Wildman–Crippen LogP) is 4.31. The Morgan fingerprint density at radius 1 is 1.42 bits per heavy atom. The van der Waals surface area contributed by atoms with E-state index in [4.69, 9.17) is 4.74 Å². The molecule has 1 aliphatic heterocycles. The number of rotatable bonds is 5. The number of hydrogen-bond acceptors (Lipinski definition) is 4. The lowest BCUT2D eigenvalue weighted by Gasteiger charge is -2.33. The van der Waals surface area contributed by atoms with Gasteiger partial charge < -0.3 is 9.64 Å². The van der Waals surface area contributed by atoms with E-state index in [1.807, 2.05) is 51.7 Å². The van der Waals surface area contributed by atoms with Crippen LogP contribution in [0.1, 0.15) is 71.9 Å². The van der Waals surface area contributed by atoms with Gasteiger partial charge in [-0.3, -0.25) is 9.69 Å². The van der Waals surface area contributed by atoms with E-state index in [1.54, 1.807) is 11.1 Å². The lowest BCUT2D eigenvalue weighted by molar-refractivity contribution is -0.121. The quantitative estimate of drug-likeness (QED) is 0.733. The minimum atomic E-state index is -0.560. The average molecular weight is 361 g/mol. The second-order valence-corrected chi connectivity index (χ2v) is 7.91. The van der Waals surface area contributed by atoms with E-state index in [9.17, 15) is 9.59 Å². The lowest BCUT2D eigenvalue weighted by Crippen LogP contribution is -2.42. The topological polar surface area (TPSA) is 62.7 Å². The molecule has 0 aliphatic carbocycles. The summed E-state index contributed by atoms with van der Waals surface area (Å²) >= 11 is 0. The van der Waals surface area contributed by atoms with Gasteiger partial charge in [-0.25, -0.2) is 9.78 Å². The fourth-order valence-electron chi connectivity index (χ4n) is 3.17. The largest absolute Gasteiger partial charge is 0.443 e. The molecule has 0 spiro atoms. The van der Waals surface area contributed by atoms with Crippen LogP contribution in [0.4, 0.5) is 10.6 Å². The van der Waals surface area contributed by atoms with Crippen molar-refractivity contribution in [2.45, 2.75) is 78.0 Å². The van der Waals surface area contributed by atoms with Gasteiger partial charge in [0.1, 0.15) is 11.4 Å². The fraction of sp³-hybridized carbons (Fsp3) is 0.650. The summed E-state index contributed by atoms with van der Waals surface area (Å²) < 4.78 is 5.55. The molecule has 1 aromatic heterocycles. The smallest absolute Gasteiger partial charge is 0.416 e. The Morgan fingerprint density at radius 3 is 2.69 bits per heavy atom. The molecular weight excluding hydrogens is 330 g/mol. The molecule has 2 rings (SSSR count). The van der Waals surface area contributed by atoms with Gasteiger partial charge in [0.2, 0.25) is 6.41 Å². The van der Waals surface area contributed by atoms with Crippen LogP contribution in [0, 0.1) is 0 Å². The molecule has 1 saturated heterocycles. The monoisotopic (exact) mass is 361 g/mol. The van der Waals surface area contributed by atoms with Crippen LogP contribution in [0.2, 0.25) is 0 Å². The number of piperidine rings is 1. The van der Waals surface area contributed by atoms with Gasteiger partial charge in [-0.15, -0.1) is 0 Å². The van der Waals surface area contributed by atoms with Gasteiger partial charge in [-0.1, -0.05) is 13.0 Å². The zero-order valence-electron chi connectivity index (χ0n) is 16.6. The number of carbonyl (C=O) groups is 2. The number of pyridine rings is 1. The minimum Gasteiger partial charge on any atom is -0.443 e. The standard InChI is InChI=1S/C20H31N3O3/c1-6-15(2)23(19(25)26-20(3,4)5)18-11-10-16(13-21-18)17-9-7-8-12-22(17)14-24/h10-11,13-15,17H,6-9,12H2,1-5H3/t15-,17+/m0/s1. The summed E-state index contributed by atoms with van der Waals surface area (Å²) in [7, 11) is 0. The highest BCUT2D eigenvalue weighted by Crippen LogP contribution is 2.30. The molecule has 0 aromatic carbocycles. The lowest BCUT2D eigenvalue weighted by atomic mass is 9.97. The van der Waals surface area contributed by atoms with Gasteiger partial charge in [-0.2, -0.15) is 0 Å². The van der Waals surface area contributed by atoms with Crippen LogP contribution < -0.4 is 4.90 Å². The Morgan fingerprint density at radius 2 is 2.15 bits per heavy atom. The average Bonchev–Trinajstić information content (AvgIpc) is 2.60. The molecule has 0 saturated carbocycles.